The summed E-state index contributed by atoms with van der Waals surface area (Å²) in [7, 11) is 0. The van der Waals surface area contributed by atoms with Crippen LogP contribution in [-0.4, -0.2) is 35.2 Å². The van der Waals surface area contributed by atoms with Crippen molar-refractivity contribution in [2.24, 2.45) is 0 Å². The molecular weight excluding hydrogens is 351 g/mol. The highest BCUT2D eigenvalue weighted by molar-refractivity contribution is 6.43. The second-order valence-corrected chi connectivity index (χ2v) is 6.79. The molecule has 1 aromatic rings. The Hall–Kier alpha value is -1.59. The summed E-state index contributed by atoms with van der Waals surface area (Å²) in [5.41, 5.74) is 0.358. The quantitative estimate of drug-likeness (QED) is 0.587. The summed E-state index contributed by atoms with van der Waals surface area (Å²) >= 11 is 11.8. The minimum atomic E-state index is -0.526. The normalized spacial score (nSPS) is 14.8. The number of unbranched alkanes of at least 4 members (excludes halogenated alkanes) is 2. The molecule has 1 aliphatic heterocycles. The maximum absolute atomic E-state index is 12.3. The molecule has 1 aliphatic rings. The molecule has 2 rings (SSSR count). The molecule has 0 radical (unpaired) electrons. The number of amides is 3. The van der Waals surface area contributed by atoms with E-state index >= 15 is 0 Å². The number of halogens is 2. The molecule has 0 aromatic heterocycles. The van der Waals surface area contributed by atoms with E-state index in [9.17, 15) is 14.4 Å². The van der Waals surface area contributed by atoms with Crippen molar-refractivity contribution in [3.63, 3.8) is 0 Å². The molecule has 130 valence electrons. The van der Waals surface area contributed by atoms with E-state index in [1.165, 1.54) is 12.1 Å². The number of carbonyl (C=O) groups excluding carboxylic acids is 3. The Kier molecular flexibility index (Phi) is 6.24. The fraction of sp³-hybridized carbons (Fsp3) is 0.471. The molecule has 0 fully saturated rings. The fourth-order valence-corrected chi connectivity index (χ4v) is 2.99. The van der Waals surface area contributed by atoms with Crippen LogP contribution in [0.3, 0.4) is 0 Å². The molecule has 5 nitrogen and oxygen atoms in total. The van der Waals surface area contributed by atoms with Gasteiger partial charge in [0.1, 0.15) is 6.54 Å². The topological polar surface area (TPSA) is 66.5 Å². The first-order valence-electron chi connectivity index (χ1n) is 7.99. The Balaban J connectivity index is 2.00. The summed E-state index contributed by atoms with van der Waals surface area (Å²) in [5.74, 6) is -1.41. The Morgan fingerprint density at radius 1 is 1.12 bits per heavy atom. The smallest absolute Gasteiger partial charge is 0.262 e. The second kappa shape index (κ2) is 7.99. The zero-order valence-corrected chi connectivity index (χ0v) is 15.2. The van der Waals surface area contributed by atoms with Gasteiger partial charge in [0, 0.05) is 6.04 Å². The standard InChI is InChI=1S/C17H20Cl2N2O3/c1-3-4-5-6-10(2)20-15(22)9-21-16(23)11-7-13(18)14(19)8-12(11)17(21)24/h7-8,10H,3-6,9H2,1-2H3,(H,20,22). The summed E-state index contributed by atoms with van der Waals surface area (Å²) in [4.78, 5) is 37.7. The van der Waals surface area contributed by atoms with Crippen LogP contribution in [-0.2, 0) is 4.79 Å². The molecular formula is C17H20Cl2N2O3. The van der Waals surface area contributed by atoms with Crippen molar-refractivity contribution in [1.82, 2.24) is 10.2 Å². The van der Waals surface area contributed by atoms with Gasteiger partial charge in [-0.2, -0.15) is 0 Å². The average molecular weight is 371 g/mol. The monoisotopic (exact) mass is 370 g/mol. The van der Waals surface area contributed by atoms with Crippen LogP contribution in [0.5, 0.6) is 0 Å². The van der Waals surface area contributed by atoms with Gasteiger partial charge in [0.25, 0.3) is 11.8 Å². The van der Waals surface area contributed by atoms with Gasteiger partial charge in [-0.1, -0.05) is 49.4 Å². The van der Waals surface area contributed by atoms with E-state index in [4.69, 9.17) is 23.2 Å². The molecule has 0 aliphatic carbocycles. The van der Waals surface area contributed by atoms with Crippen molar-refractivity contribution in [3.8, 4) is 0 Å². The van der Waals surface area contributed by atoms with Crippen molar-refractivity contribution < 1.29 is 14.4 Å². The van der Waals surface area contributed by atoms with Crippen molar-refractivity contribution in [2.75, 3.05) is 6.54 Å². The van der Waals surface area contributed by atoms with Crippen LogP contribution in [0.15, 0.2) is 12.1 Å². The summed E-state index contributed by atoms with van der Waals surface area (Å²) in [6.45, 7) is 3.72. The number of rotatable bonds is 7. The fourth-order valence-electron chi connectivity index (χ4n) is 2.66. The first kappa shape index (κ1) is 18.7. The van der Waals surface area contributed by atoms with Gasteiger partial charge in [-0.3, -0.25) is 19.3 Å². The van der Waals surface area contributed by atoms with E-state index in [1.807, 2.05) is 6.92 Å². The minimum Gasteiger partial charge on any atom is -0.352 e. The second-order valence-electron chi connectivity index (χ2n) is 5.97. The highest BCUT2D eigenvalue weighted by Gasteiger charge is 2.37. The molecule has 0 saturated heterocycles. The third kappa shape index (κ3) is 4.08. The Morgan fingerprint density at radius 3 is 2.17 bits per heavy atom. The zero-order chi connectivity index (χ0) is 17.9. The van der Waals surface area contributed by atoms with Crippen molar-refractivity contribution >= 4 is 40.9 Å². The van der Waals surface area contributed by atoms with E-state index in [1.54, 1.807) is 0 Å². The number of imide groups is 1. The van der Waals surface area contributed by atoms with Crippen LogP contribution in [0, 0.1) is 0 Å². The molecule has 1 N–H and O–H groups in total. The van der Waals surface area contributed by atoms with Crippen molar-refractivity contribution in [3.05, 3.63) is 33.3 Å². The van der Waals surface area contributed by atoms with Crippen LogP contribution in [0.2, 0.25) is 10.0 Å². The third-order valence-electron chi connectivity index (χ3n) is 3.96. The summed E-state index contributed by atoms with van der Waals surface area (Å²) < 4.78 is 0. The largest absolute Gasteiger partial charge is 0.352 e. The molecule has 0 bridgehead atoms. The van der Waals surface area contributed by atoms with Crippen LogP contribution in [0.4, 0.5) is 0 Å². The lowest BCUT2D eigenvalue weighted by molar-refractivity contribution is -0.122. The lowest BCUT2D eigenvalue weighted by Crippen LogP contribution is -2.43. The molecule has 1 unspecified atom stereocenters. The van der Waals surface area contributed by atoms with Gasteiger partial charge < -0.3 is 5.32 Å². The van der Waals surface area contributed by atoms with Crippen LogP contribution >= 0.6 is 23.2 Å². The maximum Gasteiger partial charge on any atom is 0.262 e. The van der Waals surface area contributed by atoms with E-state index in [0.29, 0.717) is 0 Å². The van der Waals surface area contributed by atoms with E-state index in [0.717, 1.165) is 30.6 Å². The lowest BCUT2D eigenvalue weighted by Gasteiger charge is -2.17. The molecule has 0 spiro atoms. The third-order valence-corrected chi connectivity index (χ3v) is 4.68. The molecule has 1 atom stereocenters. The number of hydrogen-bond acceptors (Lipinski definition) is 3. The number of carbonyl (C=O) groups is 3. The Labute approximate surface area is 151 Å². The van der Waals surface area contributed by atoms with Crippen molar-refractivity contribution in [2.45, 2.75) is 45.6 Å². The predicted octanol–water partition coefficient (Wildman–Crippen LogP) is 3.67. The van der Waals surface area contributed by atoms with Gasteiger partial charge in [0.15, 0.2) is 0 Å². The van der Waals surface area contributed by atoms with E-state index in [-0.39, 0.29) is 39.7 Å². The van der Waals surface area contributed by atoms with Crippen LogP contribution in [0.25, 0.3) is 0 Å². The number of nitrogens with zero attached hydrogens (tertiary/aromatic N) is 1. The maximum atomic E-state index is 12.3. The molecule has 1 aromatic carbocycles. The summed E-state index contributed by atoms with van der Waals surface area (Å²) in [6.07, 6.45) is 4.12. The Morgan fingerprint density at radius 2 is 1.67 bits per heavy atom. The summed E-state index contributed by atoms with van der Waals surface area (Å²) in [6, 6.07) is 2.73. The Bertz CT molecular complexity index is 635. The number of hydrogen-bond donors (Lipinski definition) is 1. The van der Waals surface area contributed by atoms with Gasteiger partial charge in [0.2, 0.25) is 5.91 Å². The SMILES string of the molecule is CCCCCC(C)NC(=O)CN1C(=O)c2cc(Cl)c(Cl)cc2C1=O. The summed E-state index contributed by atoms with van der Waals surface area (Å²) in [5, 5.41) is 3.22. The highest BCUT2D eigenvalue weighted by atomic mass is 35.5. The van der Waals surface area contributed by atoms with Gasteiger partial charge in [0.05, 0.1) is 21.2 Å². The van der Waals surface area contributed by atoms with E-state index < -0.39 is 11.8 Å². The molecule has 7 heteroatoms. The molecule has 0 saturated carbocycles. The zero-order valence-electron chi connectivity index (χ0n) is 13.7. The van der Waals surface area contributed by atoms with Gasteiger partial charge in [-0.25, -0.2) is 0 Å². The number of benzene rings is 1. The first-order valence-corrected chi connectivity index (χ1v) is 8.75. The van der Waals surface area contributed by atoms with Gasteiger partial charge >= 0.3 is 0 Å². The molecule has 1 heterocycles. The predicted molar refractivity (Wildman–Crippen MR) is 93.6 cm³/mol. The van der Waals surface area contributed by atoms with Gasteiger partial charge in [-0.15, -0.1) is 0 Å². The molecule has 24 heavy (non-hydrogen) atoms. The average Bonchev–Trinajstić information content (AvgIpc) is 2.73. The number of nitrogens with one attached hydrogen (secondary N) is 1. The number of fused-ring (bicyclic) bond motifs is 1. The highest BCUT2D eigenvalue weighted by Crippen LogP contribution is 2.31. The van der Waals surface area contributed by atoms with Gasteiger partial charge in [-0.05, 0) is 25.5 Å². The first-order chi connectivity index (χ1) is 11.3. The van der Waals surface area contributed by atoms with Crippen LogP contribution < -0.4 is 5.32 Å². The van der Waals surface area contributed by atoms with Crippen LogP contribution in [0.1, 0.15) is 60.2 Å². The molecule has 3 amide bonds. The minimum absolute atomic E-state index is 0.00289. The van der Waals surface area contributed by atoms with E-state index in [2.05, 4.69) is 12.2 Å². The lowest BCUT2D eigenvalue weighted by atomic mass is 10.1. The van der Waals surface area contributed by atoms with Crippen molar-refractivity contribution in [1.29, 1.82) is 0 Å².